The summed E-state index contributed by atoms with van der Waals surface area (Å²) in [6.45, 7) is 0.389. The second-order valence-corrected chi connectivity index (χ2v) is 3.64. The number of aliphatic hydroxyl groups excluding tert-OH is 1. The number of hydrogen-bond acceptors (Lipinski definition) is 3. The van der Waals surface area contributed by atoms with Crippen molar-refractivity contribution >= 4 is 11.6 Å². The average Bonchev–Trinajstić information content (AvgIpc) is 2.23. The Morgan fingerprint density at radius 1 is 1.41 bits per heavy atom. The third-order valence-electron chi connectivity index (χ3n) is 2.10. The van der Waals surface area contributed by atoms with Gasteiger partial charge in [0.15, 0.2) is 11.6 Å². The van der Waals surface area contributed by atoms with Crippen molar-refractivity contribution in [1.82, 2.24) is 4.90 Å². The zero-order valence-corrected chi connectivity index (χ0v) is 9.41. The predicted molar refractivity (Wildman–Crippen MR) is 59.6 cm³/mol. The lowest BCUT2D eigenvalue weighted by Crippen LogP contribution is -2.32. The highest BCUT2D eigenvalue weighted by Gasteiger charge is 2.08. The minimum Gasteiger partial charge on any atom is -0.395 e. The van der Waals surface area contributed by atoms with E-state index in [1.165, 1.54) is 6.07 Å². The Balaban J connectivity index is 2.53. The number of halogens is 2. The molecule has 6 heteroatoms. The van der Waals surface area contributed by atoms with Gasteiger partial charge in [0, 0.05) is 18.3 Å². The number of nitrogens with zero attached hydrogens (tertiary/aromatic N) is 1. The van der Waals surface area contributed by atoms with Crippen LogP contribution >= 0.6 is 0 Å². The maximum absolute atomic E-state index is 12.8. The van der Waals surface area contributed by atoms with Gasteiger partial charge in [-0.15, -0.1) is 0 Å². The first-order valence-corrected chi connectivity index (χ1v) is 5.07. The van der Waals surface area contributed by atoms with E-state index >= 15 is 0 Å². The molecule has 0 spiro atoms. The van der Waals surface area contributed by atoms with Crippen molar-refractivity contribution in [2.24, 2.45) is 0 Å². The second kappa shape index (κ2) is 6.27. The van der Waals surface area contributed by atoms with E-state index in [9.17, 15) is 13.6 Å². The number of aliphatic hydroxyl groups is 1. The Bertz CT molecular complexity index is 399. The minimum absolute atomic E-state index is 0.0467. The van der Waals surface area contributed by atoms with Crippen molar-refractivity contribution in [2.45, 2.75) is 0 Å². The Morgan fingerprint density at radius 2 is 2.12 bits per heavy atom. The van der Waals surface area contributed by atoms with Crippen molar-refractivity contribution < 1.29 is 18.7 Å². The van der Waals surface area contributed by atoms with Gasteiger partial charge >= 0.3 is 0 Å². The van der Waals surface area contributed by atoms with E-state index in [-0.39, 0.29) is 24.7 Å². The van der Waals surface area contributed by atoms with Crippen molar-refractivity contribution in [3.05, 3.63) is 29.8 Å². The van der Waals surface area contributed by atoms with E-state index in [1.54, 1.807) is 11.9 Å². The molecule has 0 bridgehead atoms. The van der Waals surface area contributed by atoms with Gasteiger partial charge in [-0.05, 0) is 19.2 Å². The summed E-state index contributed by atoms with van der Waals surface area (Å²) in [5.74, 6) is -2.32. The second-order valence-electron chi connectivity index (χ2n) is 3.64. The highest BCUT2D eigenvalue weighted by atomic mass is 19.2. The highest BCUT2D eigenvalue weighted by Crippen LogP contribution is 2.12. The Kier molecular flexibility index (Phi) is 4.99. The summed E-state index contributed by atoms with van der Waals surface area (Å²) in [6, 6.07) is 3.14. The van der Waals surface area contributed by atoms with Crippen LogP contribution in [0, 0.1) is 11.6 Å². The molecule has 1 amide bonds. The largest absolute Gasteiger partial charge is 0.395 e. The van der Waals surface area contributed by atoms with Crippen LogP contribution in [0.3, 0.4) is 0 Å². The van der Waals surface area contributed by atoms with Crippen molar-refractivity contribution in [3.63, 3.8) is 0 Å². The fourth-order valence-corrected chi connectivity index (χ4v) is 1.27. The number of carbonyl (C=O) groups excluding carboxylic acids is 1. The molecule has 17 heavy (non-hydrogen) atoms. The fraction of sp³-hybridized carbons (Fsp3) is 0.364. The number of rotatable bonds is 5. The van der Waals surface area contributed by atoms with Crippen LogP contribution < -0.4 is 5.32 Å². The summed E-state index contributed by atoms with van der Waals surface area (Å²) in [5, 5.41) is 11.1. The Hall–Kier alpha value is -1.53. The van der Waals surface area contributed by atoms with Crippen molar-refractivity contribution in [2.75, 3.05) is 32.1 Å². The van der Waals surface area contributed by atoms with Crippen molar-refractivity contribution in [3.8, 4) is 0 Å². The molecule has 0 radical (unpaired) electrons. The number of carbonyl (C=O) groups is 1. The molecule has 4 nitrogen and oxygen atoms in total. The quantitative estimate of drug-likeness (QED) is 0.806. The standard InChI is InChI=1S/C11H14F2N2O2/c1-15(4-5-16)7-11(17)14-8-2-3-9(12)10(13)6-8/h2-3,6,16H,4-5,7H2,1H3,(H,14,17). The molecule has 0 aromatic heterocycles. The molecule has 94 valence electrons. The van der Waals surface area contributed by atoms with Crippen LogP contribution in [-0.2, 0) is 4.79 Å². The molecule has 0 atom stereocenters. The maximum Gasteiger partial charge on any atom is 0.238 e. The molecule has 2 N–H and O–H groups in total. The van der Waals surface area contributed by atoms with E-state index in [0.29, 0.717) is 6.54 Å². The lowest BCUT2D eigenvalue weighted by atomic mass is 10.3. The molecule has 0 unspecified atom stereocenters. The van der Waals surface area contributed by atoms with Crippen LogP contribution in [0.2, 0.25) is 0 Å². The van der Waals surface area contributed by atoms with E-state index in [2.05, 4.69) is 5.32 Å². The lowest BCUT2D eigenvalue weighted by molar-refractivity contribution is -0.117. The first-order valence-electron chi connectivity index (χ1n) is 5.07. The molecule has 0 heterocycles. The number of benzene rings is 1. The zero-order chi connectivity index (χ0) is 12.8. The van der Waals surface area contributed by atoms with Gasteiger partial charge < -0.3 is 10.4 Å². The topological polar surface area (TPSA) is 52.6 Å². The lowest BCUT2D eigenvalue weighted by Gasteiger charge is -2.14. The SMILES string of the molecule is CN(CCO)CC(=O)Nc1ccc(F)c(F)c1. The normalized spacial score (nSPS) is 10.6. The highest BCUT2D eigenvalue weighted by molar-refractivity contribution is 5.92. The summed E-state index contributed by atoms with van der Waals surface area (Å²) in [6.07, 6.45) is 0. The molecule has 0 aliphatic rings. The first kappa shape index (κ1) is 13.5. The zero-order valence-electron chi connectivity index (χ0n) is 9.41. The van der Waals surface area contributed by atoms with Gasteiger partial charge in [0.2, 0.25) is 5.91 Å². The molecule has 1 rings (SSSR count). The van der Waals surface area contributed by atoms with Gasteiger partial charge in [0.1, 0.15) is 0 Å². The van der Waals surface area contributed by atoms with E-state index in [1.807, 2.05) is 0 Å². The fourth-order valence-electron chi connectivity index (χ4n) is 1.27. The molecule has 0 aliphatic heterocycles. The van der Waals surface area contributed by atoms with Crippen LogP contribution in [-0.4, -0.2) is 42.7 Å². The van der Waals surface area contributed by atoms with Gasteiger partial charge in [-0.1, -0.05) is 0 Å². The first-order chi connectivity index (χ1) is 8.02. The van der Waals surface area contributed by atoms with Gasteiger partial charge in [-0.3, -0.25) is 9.69 Å². The molecular formula is C11H14F2N2O2. The van der Waals surface area contributed by atoms with Crippen LogP contribution in [0.1, 0.15) is 0 Å². The molecule has 0 saturated carbocycles. The van der Waals surface area contributed by atoms with Gasteiger partial charge in [-0.2, -0.15) is 0 Å². The van der Waals surface area contributed by atoms with Crippen molar-refractivity contribution in [1.29, 1.82) is 0 Å². The summed E-state index contributed by atoms with van der Waals surface area (Å²) in [7, 11) is 1.67. The Labute approximate surface area is 97.9 Å². The van der Waals surface area contributed by atoms with Gasteiger partial charge in [0.25, 0.3) is 0 Å². The van der Waals surface area contributed by atoms with Crippen LogP contribution in [0.4, 0.5) is 14.5 Å². The van der Waals surface area contributed by atoms with E-state index < -0.39 is 11.6 Å². The van der Waals surface area contributed by atoms with Crippen LogP contribution in [0.5, 0.6) is 0 Å². The number of nitrogens with one attached hydrogen (secondary N) is 1. The van der Waals surface area contributed by atoms with E-state index in [0.717, 1.165) is 12.1 Å². The third kappa shape index (κ3) is 4.46. The van der Waals surface area contributed by atoms with Crippen LogP contribution in [0.25, 0.3) is 0 Å². The molecule has 0 fully saturated rings. The summed E-state index contributed by atoms with van der Waals surface area (Å²) < 4.78 is 25.5. The molecular weight excluding hydrogens is 230 g/mol. The van der Waals surface area contributed by atoms with Crippen LogP contribution in [0.15, 0.2) is 18.2 Å². The summed E-state index contributed by atoms with van der Waals surface area (Å²) in [5.41, 5.74) is 0.200. The summed E-state index contributed by atoms with van der Waals surface area (Å²) >= 11 is 0. The smallest absolute Gasteiger partial charge is 0.238 e. The maximum atomic E-state index is 12.8. The molecule has 1 aromatic rings. The average molecular weight is 244 g/mol. The monoisotopic (exact) mass is 244 g/mol. The minimum atomic E-state index is -1.01. The molecule has 0 aliphatic carbocycles. The van der Waals surface area contributed by atoms with Gasteiger partial charge in [-0.25, -0.2) is 8.78 Å². The molecule has 0 saturated heterocycles. The van der Waals surface area contributed by atoms with E-state index in [4.69, 9.17) is 5.11 Å². The van der Waals surface area contributed by atoms with Gasteiger partial charge in [0.05, 0.1) is 13.2 Å². The number of likely N-dealkylation sites (N-methyl/N-ethyl adjacent to an activating group) is 1. The Morgan fingerprint density at radius 3 is 2.71 bits per heavy atom. The number of anilines is 1. The number of hydrogen-bond donors (Lipinski definition) is 2. The summed E-state index contributed by atoms with van der Waals surface area (Å²) in [4.78, 5) is 13.0. The number of amides is 1. The predicted octanol–water partition coefficient (Wildman–Crippen LogP) is 0.827. The molecule has 1 aromatic carbocycles. The third-order valence-corrected chi connectivity index (χ3v) is 2.10.